The van der Waals surface area contributed by atoms with E-state index < -0.39 is 5.72 Å². The lowest BCUT2D eigenvalue weighted by Crippen LogP contribution is -2.57. The summed E-state index contributed by atoms with van der Waals surface area (Å²) in [5.74, 6) is 1.07. The number of aromatic nitrogens is 2. The van der Waals surface area contributed by atoms with Crippen LogP contribution < -0.4 is 4.74 Å². The molecular weight excluding hydrogens is 487 g/mol. The van der Waals surface area contributed by atoms with Crippen molar-refractivity contribution in [2.75, 3.05) is 33.5 Å². The fourth-order valence-electron chi connectivity index (χ4n) is 5.83. The van der Waals surface area contributed by atoms with Crippen molar-refractivity contribution in [3.05, 3.63) is 83.2 Å². The number of halogens is 1. The molecule has 8 nitrogen and oxygen atoms in total. The predicted octanol–water partition coefficient (Wildman–Crippen LogP) is 4.40. The lowest BCUT2D eigenvalue weighted by molar-refractivity contribution is -0.151. The van der Waals surface area contributed by atoms with Crippen LogP contribution in [0.15, 0.2) is 65.7 Å². The standard InChI is InChI=1S/C29H31FN4O4/c1-20-16-33(19-31-20)25-8-3-21(14-26(25)36-2)13-22-15-28(9-11-37-12-10-28)17-34-27(22)32-38-29(34,18-35)23-4-6-24(30)7-5-23/h3-8,13-14,16,19,35H,9-12,15,17-18H2,1-2H3/b22-13+. The van der Waals surface area contributed by atoms with Gasteiger partial charge in [-0.1, -0.05) is 11.2 Å². The van der Waals surface area contributed by atoms with Gasteiger partial charge in [0.05, 0.1) is 24.8 Å². The third-order valence-corrected chi connectivity index (χ3v) is 7.92. The Morgan fingerprint density at radius 2 is 1.95 bits per heavy atom. The van der Waals surface area contributed by atoms with E-state index in [4.69, 9.17) is 14.3 Å². The summed E-state index contributed by atoms with van der Waals surface area (Å²) in [6.07, 6.45) is 8.44. The number of aryl methyl sites for hydroxylation is 1. The Morgan fingerprint density at radius 1 is 1.16 bits per heavy atom. The Kier molecular flexibility index (Phi) is 6.20. The molecule has 3 aromatic rings. The van der Waals surface area contributed by atoms with E-state index in [2.05, 4.69) is 21.1 Å². The molecule has 0 amide bonds. The van der Waals surface area contributed by atoms with Crippen LogP contribution in [0.4, 0.5) is 4.39 Å². The maximum atomic E-state index is 13.7. The molecule has 0 saturated carbocycles. The Balaban J connectivity index is 1.41. The number of hydrogen-bond donors (Lipinski definition) is 1. The molecule has 1 unspecified atom stereocenters. The van der Waals surface area contributed by atoms with Crippen molar-refractivity contribution in [3.8, 4) is 11.4 Å². The van der Waals surface area contributed by atoms with Gasteiger partial charge in [0, 0.05) is 31.5 Å². The first-order chi connectivity index (χ1) is 18.4. The molecule has 3 aliphatic rings. The molecule has 2 saturated heterocycles. The number of piperidine rings is 1. The molecule has 1 spiro atoms. The molecule has 0 aliphatic carbocycles. The van der Waals surface area contributed by atoms with Gasteiger partial charge in [-0.3, -0.25) is 0 Å². The molecule has 38 heavy (non-hydrogen) atoms. The van der Waals surface area contributed by atoms with Crippen LogP contribution in [0.1, 0.15) is 36.1 Å². The summed E-state index contributed by atoms with van der Waals surface area (Å²) in [6.45, 7) is 3.66. The van der Waals surface area contributed by atoms with Crippen molar-refractivity contribution in [2.45, 2.75) is 31.9 Å². The number of fused-ring (bicyclic) bond motifs is 1. The number of aliphatic hydroxyl groups is 1. The fourth-order valence-corrected chi connectivity index (χ4v) is 5.83. The van der Waals surface area contributed by atoms with E-state index >= 15 is 0 Å². The summed E-state index contributed by atoms with van der Waals surface area (Å²) in [4.78, 5) is 12.4. The van der Waals surface area contributed by atoms with E-state index in [1.54, 1.807) is 25.6 Å². The molecular formula is C29H31FN4O4. The number of amidine groups is 1. The molecule has 0 radical (unpaired) electrons. The van der Waals surface area contributed by atoms with Gasteiger partial charge in [0.15, 0.2) is 5.84 Å². The number of oxime groups is 1. The summed E-state index contributed by atoms with van der Waals surface area (Å²) in [5, 5.41) is 15.1. The van der Waals surface area contributed by atoms with Gasteiger partial charge >= 0.3 is 0 Å². The van der Waals surface area contributed by atoms with Crippen molar-refractivity contribution >= 4 is 11.9 Å². The number of hydrogen-bond acceptors (Lipinski definition) is 7. The molecule has 4 heterocycles. The zero-order valence-electron chi connectivity index (χ0n) is 21.6. The summed E-state index contributed by atoms with van der Waals surface area (Å²) in [6, 6.07) is 12.1. The van der Waals surface area contributed by atoms with Crippen LogP contribution in [0.2, 0.25) is 0 Å². The van der Waals surface area contributed by atoms with Crippen molar-refractivity contribution < 1.29 is 23.8 Å². The summed E-state index contributed by atoms with van der Waals surface area (Å²) in [5.41, 5.74) is 3.19. The van der Waals surface area contributed by atoms with Crippen LogP contribution in [-0.4, -0.2) is 58.9 Å². The third kappa shape index (κ3) is 4.16. The van der Waals surface area contributed by atoms with Crippen LogP contribution in [0, 0.1) is 18.2 Å². The van der Waals surface area contributed by atoms with Crippen molar-refractivity contribution in [3.63, 3.8) is 0 Å². The average Bonchev–Trinajstić information content (AvgIpc) is 3.53. The van der Waals surface area contributed by atoms with Crippen LogP contribution in [0.3, 0.4) is 0 Å². The van der Waals surface area contributed by atoms with Gasteiger partial charge in [-0.05, 0) is 85.2 Å². The van der Waals surface area contributed by atoms with Gasteiger partial charge in [-0.15, -0.1) is 0 Å². The number of nitrogens with zero attached hydrogens (tertiary/aromatic N) is 4. The zero-order chi connectivity index (χ0) is 26.3. The summed E-state index contributed by atoms with van der Waals surface area (Å²) >= 11 is 0. The van der Waals surface area contributed by atoms with Crippen molar-refractivity contribution in [2.24, 2.45) is 10.6 Å². The normalized spacial score (nSPS) is 23.3. The van der Waals surface area contributed by atoms with Crippen molar-refractivity contribution in [1.29, 1.82) is 0 Å². The average molecular weight is 519 g/mol. The van der Waals surface area contributed by atoms with E-state index in [9.17, 15) is 9.50 Å². The molecule has 9 heteroatoms. The third-order valence-electron chi connectivity index (χ3n) is 7.92. The maximum Gasteiger partial charge on any atom is 0.260 e. The number of ether oxygens (including phenoxy) is 2. The number of imidazole rings is 1. The highest BCUT2D eigenvalue weighted by atomic mass is 19.1. The predicted molar refractivity (Wildman–Crippen MR) is 140 cm³/mol. The number of rotatable bonds is 5. The number of aliphatic hydroxyl groups excluding tert-OH is 1. The quantitative estimate of drug-likeness (QED) is 0.539. The van der Waals surface area contributed by atoms with Gasteiger partial charge in [0.25, 0.3) is 5.72 Å². The Hall–Kier alpha value is -3.69. The molecule has 2 aromatic carbocycles. The molecule has 2 fully saturated rings. The molecule has 6 rings (SSSR count). The van der Waals surface area contributed by atoms with Crippen LogP contribution in [0.25, 0.3) is 11.8 Å². The Morgan fingerprint density at radius 3 is 2.63 bits per heavy atom. The lowest BCUT2D eigenvalue weighted by Gasteiger charge is -2.49. The second-order valence-corrected chi connectivity index (χ2v) is 10.4. The van der Waals surface area contributed by atoms with Gasteiger partial charge in [-0.25, -0.2) is 9.37 Å². The van der Waals surface area contributed by atoms with E-state index in [0.717, 1.165) is 47.5 Å². The minimum Gasteiger partial charge on any atom is -0.495 e. The summed E-state index contributed by atoms with van der Waals surface area (Å²) in [7, 11) is 1.66. The van der Waals surface area contributed by atoms with Gasteiger partial charge in [0.1, 0.15) is 18.2 Å². The maximum absolute atomic E-state index is 13.7. The fraction of sp³-hybridized carbons (Fsp3) is 0.379. The molecule has 1 aromatic heterocycles. The zero-order valence-corrected chi connectivity index (χ0v) is 21.6. The minimum absolute atomic E-state index is 0.0599. The van der Waals surface area contributed by atoms with Gasteiger partial charge < -0.3 is 28.9 Å². The molecule has 3 aliphatic heterocycles. The highest BCUT2D eigenvalue weighted by Gasteiger charge is 2.54. The Labute approximate surface area is 220 Å². The molecule has 198 valence electrons. The van der Waals surface area contributed by atoms with Gasteiger partial charge in [0.2, 0.25) is 0 Å². The first-order valence-electron chi connectivity index (χ1n) is 12.8. The second-order valence-electron chi connectivity index (χ2n) is 10.4. The number of benzene rings is 2. The highest BCUT2D eigenvalue weighted by molar-refractivity contribution is 6.04. The Bertz CT molecular complexity index is 1390. The molecule has 1 N–H and O–H groups in total. The number of methoxy groups -OCH3 is 1. The molecule has 1 atom stereocenters. The highest BCUT2D eigenvalue weighted by Crippen LogP contribution is 2.49. The smallest absolute Gasteiger partial charge is 0.260 e. The lowest BCUT2D eigenvalue weighted by atomic mass is 9.71. The van der Waals surface area contributed by atoms with Crippen LogP contribution in [-0.2, 0) is 15.3 Å². The van der Waals surface area contributed by atoms with Gasteiger partial charge in [-0.2, -0.15) is 0 Å². The molecule has 0 bridgehead atoms. The monoisotopic (exact) mass is 518 g/mol. The SMILES string of the molecule is COc1cc(/C=C2\CC3(CCOCC3)CN3C2=NOC3(CO)c2ccc(F)cc2)ccc1-n1cnc(C)c1. The van der Waals surface area contributed by atoms with E-state index in [-0.39, 0.29) is 17.8 Å². The van der Waals surface area contributed by atoms with Crippen LogP contribution >= 0.6 is 0 Å². The second kappa shape index (κ2) is 9.56. The van der Waals surface area contributed by atoms with E-state index in [1.807, 2.05) is 35.9 Å². The minimum atomic E-state index is -1.21. The van der Waals surface area contributed by atoms with E-state index in [1.165, 1.54) is 12.1 Å². The van der Waals surface area contributed by atoms with E-state index in [0.29, 0.717) is 31.2 Å². The van der Waals surface area contributed by atoms with Crippen LogP contribution in [0.5, 0.6) is 5.75 Å². The summed E-state index contributed by atoms with van der Waals surface area (Å²) < 4.78 is 27.1. The first-order valence-corrected chi connectivity index (χ1v) is 12.8. The topological polar surface area (TPSA) is 81.3 Å². The largest absolute Gasteiger partial charge is 0.495 e. The first kappa shape index (κ1) is 24.6. The van der Waals surface area contributed by atoms with Crippen molar-refractivity contribution in [1.82, 2.24) is 14.5 Å².